The van der Waals surface area contributed by atoms with Gasteiger partial charge in [-0.25, -0.2) is 4.98 Å². The van der Waals surface area contributed by atoms with Crippen LogP contribution in [0, 0.1) is 0 Å². The number of fused-ring (bicyclic) bond motifs is 1. The molecule has 0 saturated heterocycles. The summed E-state index contributed by atoms with van der Waals surface area (Å²) in [6.07, 6.45) is 4.05. The summed E-state index contributed by atoms with van der Waals surface area (Å²) >= 11 is 1.64. The zero-order valence-electron chi connectivity index (χ0n) is 12.6. The Morgan fingerprint density at radius 1 is 1.50 bits per heavy atom. The van der Waals surface area contributed by atoms with Gasteiger partial charge in [0.15, 0.2) is 0 Å². The normalized spacial score (nSPS) is 17.6. The van der Waals surface area contributed by atoms with Crippen LogP contribution in [0.25, 0.3) is 0 Å². The third-order valence-electron chi connectivity index (χ3n) is 4.01. The number of carbonyl (C=O) groups is 1. The molecule has 1 aromatic carbocycles. The Balaban J connectivity index is 1.47. The third kappa shape index (κ3) is 3.47. The zero-order chi connectivity index (χ0) is 15.4. The van der Waals surface area contributed by atoms with Crippen LogP contribution in [0.4, 0.5) is 0 Å². The highest BCUT2D eigenvalue weighted by Gasteiger charge is 2.29. The fraction of sp³-hybridized carbons (Fsp3) is 0.412. The Morgan fingerprint density at radius 2 is 2.36 bits per heavy atom. The molecule has 0 spiro atoms. The Bertz CT molecular complexity index is 627. The number of aromatic nitrogens is 1. The molecule has 0 saturated carbocycles. The largest absolute Gasteiger partial charge is 0.493 e. The van der Waals surface area contributed by atoms with Gasteiger partial charge in [0, 0.05) is 35.5 Å². The second-order valence-electron chi connectivity index (χ2n) is 5.59. The summed E-state index contributed by atoms with van der Waals surface area (Å²) in [7, 11) is 0. The average Bonchev–Trinajstić information content (AvgIpc) is 3.16. The number of rotatable bonds is 6. The first-order chi connectivity index (χ1) is 10.7. The predicted molar refractivity (Wildman–Crippen MR) is 87.3 cm³/mol. The van der Waals surface area contributed by atoms with E-state index in [2.05, 4.69) is 23.3 Å². The molecule has 0 fully saturated rings. The third-order valence-corrected chi connectivity index (χ3v) is 4.85. The van der Waals surface area contributed by atoms with Gasteiger partial charge in [-0.15, -0.1) is 11.3 Å². The van der Waals surface area contributed by atoms with Crippen LogP contribution in [-0.4, -0.2) is 23.5 Å². The fourth-order valence-corrected chi connectivity index (χ4v) is 3.47. The molecular weight excluding hydrogens is 296 g/mol. The maximum atomic E-state index is 12.1. The van der Waals surface area contributed by atoms with E-state index in [1.54, 1.807) is 17.5 Å². The summed E-state index contributed by atoms with van der Waals surface area (Å²) < 4.78 is 5.69. The van der Waals surface area contributed by atoms with E-state index in [1.807, 2.05) is 23.6 Å². The highest BCUT2D eigenvalue weighted by Crippen LogP contribution is 2.35. The van der Waals surface area contributed by atoms with Crippen LogP contribution in [0.2, 0.25) is 0 Å². The smallest absolute Gasteiger partial charge is 0.220 e. The molecule has 1 N–H and O–H groups in total. The first-order valence-electron chi connectivity index (χ1n) is 7.63. The molecule has 1 aliphatic rings. The van der Waals surface area contributed by atoms with Crippen LogP contribution < -0.4 is 10.1 Å². The van der Waals surface area contributed by atoms with Gasteiger partial charge < -0.3 is 10.1 Å². The van der Waals surface area contributed by atoms with E-state index in [0.717, 1.165) is 23.6 Å². The van der Waals surface area contributed by atoms with Gasteiger partial charge in [0.05, 0.1) is 11.6 Å². The lowest BCUT2D eigenvalue weighted by atomic mass is 9.94. The van der Waals surface area contributed by atoms with Gasteiger partial charge in [0.2, 0.25) is 5.91 Å². The minimum Gasteiger partial charge on any atom is -0.493 e. The van der Waals surface area contributed by atoms with Gasteiger partial charge in [0.25, 0.3) is 0 Å². The summed E-state index contributed by atoms with van der Waals surface area (Å²) in [6, 6.07) is 8.14. The highest BCUT2D eigenvalue weighted by molar-refractivity contribution is 7.09. The average molecular weight is 316 g/mol. The van der Waals surface area contributed by atoms with E-state index in [4.69, 9.17) is 4.74 Å². The molecule has 22 heavy (non-hydrogen) atoms. The SMILES string of the molecule is C[C@H](NC(=O)CCCc1nccs1)[C@H]1COc2ccccc21. The Hall–Kier alpha value is -1.88. The fourth-order valence-electron chi connectivity index (χ4n) is 2.80. The monoisotopic (exact) mass is 316 g/mol. The molecule has 116 valence electrons. The van der Waals surface area contributed by atoms with Crippen molar-refractivity contribution in [3.8, 4) is 5.75 Å². The molecule has 2 heterocycles. The first-order valence-corrected chi connectivity index (χ1v) is 8.51. The van der Waals surface area contributed by atoms with Gasteiger partial charge >= 0.3 is 0 Å². The first kappa shape index (κ1) is 15.0. The molecule has 2 aromatic rings. The van der Waals surface area contributed by atoms with E-state index in [-0.39, 0.29) is 17.9 Å². The molecule has 1 amide bonds. The van der Waals surface area contributed by atoms with Gasteiger partial charge in [-0.05, 0) is 25.8 Å². The lowest BCUT2D eigenvalue weighted by molar-refractivity contribution is -0.121. The standard InChI is InChI=1S/C17H20N2O2S/c1-12(14-11-21-15-6-3-2-5-13(14)15)19-16(20)7-4-8-17-18-9-10-22-17/h2-3,5-6,9-10,12,14H,4,7-8,11H2,1H3,(H,19,20)/t12-,14+/m0/s1. The van der Waals surface area contributed by atoms with Gasteiger partial charge in [-0.1, -0.05) is 18.2 Å². The van der Waals surface area contributed by atoms with Crippen LogP contribution >= 0.6 is 11.3 Å². The molecular formula is C17H20N2O2S. The molecule has 2 atom stereocenters. The highest BCUT2D eigenvalue weighted by atomic mass is 32.1. The van der Waals surface area contributed by atoms with Crippen molar-refractivity contribution in [3.05, 3.63) is 46.4 Å². The van der Waals surface area contributed by atoms with Crippen LogP contribution in [-0.2, 0) is 11.2 Å². The number of benzene rings is 1. The number of aryl methyl sites for hydroxylation is 1. The maximum absolute atomic E-state index is 12.1. The van der Waals surface area contributed by atoms with Crippen molar-refractivity contribution >= 4 is 17.2 Å². The minimum atomic E-state index is 0.0796. The molecule has 0 bridgehead atoms. The van der Waals surface area contributed by atoms with Gasteiger partial charge in [-0.2, -0.15) is 0 Å². The predicted octanol–water partition coefficient (Wildman–Crippen LogP) is 3.15. The number of nitrogens with one attached hydrogen (secondary N) is 1. The topological polar surface area (TPSA) is 51.2 Å². The van der Waals surface area contributed by atoms with E-state index in [9.17, 15) is 4.79 Å². The minimum absolute atomic E-state index is 0.0796. The number of ether oxygens (including phenoxy) is 1. The van der Waals surface area contributed by atoms with Crippen molar-refractivity contribution in [2.75, 3.05) is 6.61 Å². The van der Waals surface area contributed by atoms with Gasteiger partial charge in [-0.3, -0.25) is 4.79 Å². The Kier molecular flexibility index (Phi) is 4.73. The molecule has 5 heteroatoms. The van der Waals surface area contributed by atoms with E-state index >= 15 is 0 Å². The summed E-state index contributed by atoms with van der Waals surface area (Å²) in [5.74, 6) is 1.28. The second kappa shape index (κ2) is 6.92. The van der Waals surface area contributed by atoms with Crippen molar-refractivity contribution in [2.24, 2.45) is 0 Å². The van der Waals surface area contributed by atoms with Crippen molar-refractivity contribution in [2.45, 2.75) is 38.1 Å². The molecule has 1 aromatic heterocycles. The van der Waals surface area contributed by atoms with E-state index < -0.39 is 0 Å². The molecule has 1 aliphatic heterocycles. The van der Waals surface area contributed by atoms with Crippen LogP contribution in [0.5, 0.6) is 5.75 Å². The number of carbonyl (C=O) groups excluding carboxylic acids is 1. The summed E-state index contributed by atoms with van der Waals surface area (Å²) in [5.41, 5.74) is 1.19. The summed E-state index contributed by atoms with van der Waals surface area (Å²) in [5, 5.41) is 6.17. The molecule has 0 radical (unpaired) electrons. The maximum Gasteiger partial charge on any atom is 0.220 e. The Labute approximate surface area is 134 Å². The molecule has 0 aliphatic carbocycles. The van der Waals surface area contributed by atoms with Crippen molar-refractivity contribution in [1.82, 2.24) is 10.3 Å². The van der Waals surface area contributed by atoms with E-state index in [1.165, 1.54) is 5.56 Å². The molecule has 4 nitrogen and oxygen atoms in total. The Morgan fingerprint density at radius 3 is 3.18 bits per heavy atom. The number of hydrogen-bond acceptors (Lipinski definition) is 4. The number of thiazole rings is 1. The quantitative estimate of drug-likeness (QED) is 0.890. The lowest BCUT2D eigenvalue weighted by Crippen LogP contribution is -2.37. The summed E-state index contributed by atoms with van der Waals surface area (Å²) in [6.45, 7) is 2.69. The van der Waals surface area contributed by atoms with Crippen molar-refractivity contribution < 1.29 is 9.53 Å². The van der Waals surface area contributed by atoms with Crippen molar-refractivity contribution in [1.29, 1.82) is 0 Å². The summed E-state index contributed by atoms with van der Waals surface area (Å²) in [4.78, 5) is 16.3. The second-order valence-corrected chi connectivity index (χ2v) is 6.57. The number of amides is 1. The van der Waals surface area contributed by atoms with Gasteiger partial charge in [0.1, 0.15) is 5.75 Å². The number of para-hydroxylation sites is 1. The van der Waals surface area contributed by atoms with E-state index in [0.29, 0.717) is 13.0 Å². The van der Waals surface area contributed by atoms with Crippen LogP contribution in [0.3, 0.4) is 0 Å². The van der Waals surface area contributed by atoms with Crippen LogP contribution in [0.15, 0.2) is 35.8 Å². The number of nitrogens with zero attached hydrogens (tertiary/aromatic N) is 1. The molecule has 3 rings (SSSR count). The van der Waals surface area contributed by atoms with Crippen molar-refractivity contribution in [3.63, 3.8) is 0 Å². The molecule has 0 unspecified atom stereocenters. The zero-order valence-corrected chi connectivity index (χ0v) is 13.4. The number of hydrogen-bond donors (Lipinski definition) is 1. The van der Waals surface area contributed by atoms with Crippen LogP contribution in [0.1, 0.15) is 36.3 Å². The lowest BCUT2D eigenvalue weighted by Gasteiger charge is -2.19.